The molecule has 4 nitrogen and oxygen atoms in total. The maximum atomic E-state index is 12.8. The van der Waals surface area contributed by atoms with Crippen LogP contribution in [0.15, 0.2) is 24.3 Å². The summed E-state index contributed by atoms with van der Waals surface area (Å²) in [7, 11) is 0. The molecule has 2 aliphatic rings. The van der Waals surface area contributed by atoms with Gasteiger partial charge in [0.1, 0.15) is 18.3 Å². The van der Waals surface area contributed by atoms with E-state index in [1.807, 2.05) is 36.1 Å². The number of morpholine rings is 1. The molecule has 108 valence electrons. The van der Waals surface area contributed by atoms with Crippen LogP contribution in [0.25, 0.3) is 0 Å². The first-order chi connectivity index (χ1) is 9.70. The van der Waals surface area contributed by atoms with Gasteiger partial charge in [-0.1, -0.05) is 34.1 Å². The number of carbonyl (C=O) groups excluding carboxylic acids is 1. The molecule has 1 aromatic rings. The van der Waals surface area contributed by atoms with Crippen LogP contribution < -0.4 is 4.74 Å². The standard InChI is InChI=1S/C15H18BrNO3/c1-10-8-19-11(6-16)7-17(10)15(18)13-9-20-14-5-3-2-4-12(13)14/h2-5,10-11,13H,6-9H2,1H3. The van der Waals surface area contributed by atoms with Crippen molar-refractivity contribution in [3.63, 3.8) is 0 Å². The zero-order valence-corrected chi connectivity index (χ0v) is 13.0. The molecule has 2 heterocycles. The summed E-state index contributed by atoms with van der Waals surface area (Å²) in [5.74, 6) is 0.809. The lowest BCUT2D eigenvalue weighted by Crippen LogP contribution is -2.53. The molecule has 1 fully saturated rings. The number of amides is 1. The van der Waals surface area contributed by atoms with Gasteiger partial charge in [-0.15, -0.1) is 0 Å². The fraction of sp³-hybridized carbons (Fsp3) is 0.533. The van der Waals surface area contributed by atoms with E-state index in [1.165, 1.54) is 0 Å². The van der Waals surface area contributed by atoms with E-state index in [0.29, 0.717) is 19.8 Å². The van der Waals surface area contributed by atoms with E-state index in [9.17, 15) is 4.79 Å². The highest BCUT2D eigenvalue weighted by atomic mass is 79.9. The monoisotopic (exact) mass is 339 g/mol. The summed E-state index contributed by atoms with van der Waals surface area (Å²) in [5.41, 5.74) is 1.01. The Morgan fingerprint density at radius 3 is 3.00 bits per heavy atom. The molecular weight excluding hydrogens is 322 g/mol. The number of ether oxygens (including phenoxy) is 2. The lowest BCUT2D eigenvalue weighted by Gasteiger charge is -2.38. The highest BCUT2D eigenvalue weighted by Crippen LogP contribution is 2.35. The summed E-state index contributed by atoms with van der Waals surface area (Å²) in [6.45, 7) is 3.71. The number of fused-ring (bicyclic) bond motifs is 1. The van der Waals surface area contributed by atoms with Gasteiger partial charge in [0.05, 0.1) is 18.8 Å². The van der Waals surface area contributed by atoms with E-state index >= 15 is 0 Å². The van der Waals surface area contributed by atoms with Crippen molar-refractivity contribution in [1.29, 1.82) is 0 Å². The van der Waals surface area contributed by atoms with E-state index < -0.39 is 0 Å². The van der Waals surface area contributed by atoms with Gasteiger partial charge in [0.2, 0.25) is 5.91 Å². The fourth-order valence-corrected chi connectivity index (χ4v) is 3.18. The Kier molecular flexibility index (Phi) is 3.98. The second-order valence-corrected chi connectivity index (χ2v) is 6.00. The molecule has 0 bridgehead atoms. The van der Waals surface area contributed by atoms with Gasteiger partial charge in [-0.05, 0) is 13.0 Å². The topological polar surface area (TPSA) is 38.8 Å². The first-order valence-electron chi connectivity index (χ1n) is 6.90. The molecule has 2 aliphatic heterocycles. The van der Waals surface area contributed by atoms with Crippen LogP contribution in [0.2, 0.25) is 0 Å². The predicted molar refractivity (Wildman–Crippen MR) is 79.4 cm³/mol. The van der Waals surface area contributed by atoms with Crippen molar-refractivity contribution in [2.75, 3.05) is 25.1 Å². The molecule has 0 radical (unpaired) electrons. The average Bonchev–Trinajstić information content (AvgIpc) is 2.91. The van der Waals surface area contributed by atoms with Crippen molar-refractivity contribution in [2.45, 2.75) is 25.0 Å². The Morgan fingerprint density at radius 2 is 2.20 bits per heavy atom. The third-order valence-corrected chi connectivity index (χ3v) is 4.68. The maximum Gasteiger partial charge on any atom is 0.234 e. The van der Waals surface area contributed by atoms with Gasteiger partial charge in [0.25, 0.3) is 0 Å². The van der Waals surface area contributed by atoms with Gasteiger partial charge in [0, 0.05) is 17.4 Å². The first-order valence-corrected chi connectivity index (χ1v) is 8.02. The summed E-state index contributed by atoms with van der Waals surface area (Å²) in [5, 5.41) is 0.751. The van der Waals surface area contributed by atoms with Crippen molar-refractivity contribution < 1.29 is 14.3 Å². The largest absolute Gasteiger partial charge is 0.492 e. The third kappa shape index (κ3) is 2.44. The van der Waals surface area contributed by atoms with Gasteiger partial charge < -0.3 is 14.4 Å². The van der Waals surface area contributed by atoms with Crippen LogP contribution in [0, 0.1) is 0 Å². The lowest BCUT2D eigenvalue weighted by atomic mass is 9.98. The number of hydrogen-bond acceptors (Lipinski definition) is 3. The summed E-state index contributed by atoms with van der Waals surface area (Å²) in [6.07, 6.45) is 0.0766. The number of nitrogens with zero attached hydrogens (tertiary/aromatic N) is 1. The zero-order valence-electron chi connectivity index (χ0n) is 11.4. The van der Waals surface area contributed by atoms with Crippen LogP contribution in [0.3, 0.4) is 0 Å². The highest BCUT2D eigenvalue weighted by Gasteiger charge is 2.37. The molecule has 5 heteroatoms. The minimum atomic E-state index is -0.178. The Morgan fingerprint density at radius 1 is 1.40 bits per heavy atom. The molecule has 0 N–H and O–H groups in total. The van der Waals surface area contributed by atoms with Crippen LogP contribution in [-0.4, -0.2) is 48.0 Å². The number of halogens is 1. The van der Waals surface area contributed by atoms with Crippen LogP contribution in [0.5, 0.6) is 5.75 Å². The SMILES string of the molecule is CC1COC(CBr)CN1C(=O)C1COc2ccccc21. The number of hydrogen-bond donors (Lipinski definition) is 0. The second kappa shape index (κ2) is 5.74. The Labute approximate surface area is 127 Å². The van der Waals surface area contributed by atoms with Crippen molar-refractivity contribution >= 4 is 21.8 Å². The number of carbonyl (C=O) groups is 1. The lowest BCUT2D eigenvalue weighted by molar-refractivity contribution is -0.144. The Balaban J connectivity index is 1.79. The molecular formula is C15H18BrNO3. The van der Waals surface area contributed by atoms with Crippen molar-refractivity contribution in [3.05, 3.63) is 29.8 Å². The van der Waals surface area contributed by atoms with Gasteiger partial charge in [-0.3, -0.25) is 4.79 Å². The van der Waals surface area contributed by atoms with Crippen molar-refractivity contribution in [2.24, 2.45) is 0 Å². The quantitative estimate of drug-likeness (QED) is 0.775. The molecule has 20 heavy (non-hydrogen) atoms. The molecule has 3 rings (SSSR count). The van der Waals surface area contributed by atoms with E-state index in [1.54, 1.807) is 0 Å². The molecule has 0 saturated carbocycles. The normalized spacial score (nSPS) is 28.9. The number of para-hydroxylation sites is 1. The molecule has 3 unspecified atom stereocenters. The van der Waals surface area contributed by atoms with E-state index in [2.05, 4.69) is 15.9 Å². The van der Waals surface area contributed by atoms with Gasteiger partial charge in [-0.2, -0.15) is 0 Å². The number of alkyl halides is 1. The van der Waals surface area contributed by atoms with E-state index in [0.717, 1.165) is 16.6 Å². The minimum Gasteiger partial charge on any atom is -0.492 e. The van der Waals surface area contributed by atoms with Gasteiger partial charge >= 0.3 is 0 Å². The van der Waals surface area contributed by atoms with Crippen molar-refractivity contribution in [1.82, 2.24) is 4.90 Å². The van der Waals surface area contributed by atoms with Crippen LogP contribution >= 0.6 is 15.9 Å². The summed E-state index contributed by atoms with van der Waals surface area (Å²) in [6, 6.07) is 7.91. The van der Waals surface area contributed by atoms with Gasteiger partial charge in [-0.25, -0.2) is 0 Å². The van der Waals surface area contributed by atoms with Crippen LogP contribution in [0.4, 0.5) is 0 Å². The maximum absolute atomic E-state index is 12.8. The Hall–Kier alpha value is -1.07. The molecule has 3 atom stereocenters. The third-order valence-electron chi connectivity index (χ3n) is 3.96. The number of benzene rings is 1. The molecule has 0 spiro atoms. The fourth-order valence-electron chi connectivity index (χ4n) is 2.79. The Bertz CT molecular complexity index is 508. The van der Waals surface area contributed by atoms with Crippen LogP contribution in [-0.2, 0) is 9.53 Å². The highest BCUT2D eigenvalue weighted by molar-refractivity contribution is 9.09. The van der Waals surface area contributed by atoms with Crippen LogP contribution in [0.1, 0.15) is 18.4 Å². The predicted octanol–water partition coefficient (Wildman–Crippen LogP) is 2.17. The first kappa shape index (κ1) is 13.9. The molecule has 1 amide bonds. The summed E-state index contributed by atoms with van der Waals surface area (Å²) >= 11 is 3.43. The molecule has 1 saturated heterocycles. The number of rotatable bonds is 2. The van der Waals surface area contributed by atoms with E-state index in [-0.39, 0.29) is 24.0 Å². The molecule has 1 aromatic carbocycles. The van der Waals surface area contributed by atoms with E-state index in [4.69, 9.17) is 9.47 Å². The van der Waals surface area contributed by atoms with Gasteiger partial charge in [0.15, 0.2) is 0 Å². The molecule has 0 aliphatic carbocycles. The summed E-state index contributed by atoms with van der Waals surface area (Å²) < 4.78 is 11.3. The summed E-state index contributed by atoms with van der Waals surface area (Å²) in [4.78, 5) is 14.7. The smallest absolute Gasteiger partial charge is 0.234 e. The van der Waals surface area contributed by atoms with Crippen molar-refractivity contribution in [3.8, 4) is 5.75 Å². The average molecular weight is 340 g/mol. The molecule has 0 aromatic heterocycles. The second-order valence-electron chi connectivity index (χ2n) is 5.35. The zero-order chi connectivity index (χ0) is 14.1. The minimum absolute atomic E-state index is 0.0766.